The summed E-state index contributed by atoms with van der Waals surface area (Å²) in [6.45, 7) is 5.56. The van der Waals surface area contributed by atoms with E-state index in [9.17, 15) is 0 Å². The molecule has 0 aliphatic heterocycles. The molecule has 1 atom stereocenters. The minimum absolute atomic E-state index is 0.683. The Bertz CT molecular complexity index is 143. The maximum Gasteiger partial charge on any atom is 0.0279 e. The molecule has 1 rings (SSSR count). The lowest BCUT2D eigenvalue weighted by molar-refractivity contribution is 0.534. The Morgan fingerprint density at radius 1 is 1.50 bits per heavy atom. The Morgan fingerprint density at radius 3 is 2.83 bits per heavy atom. The quantitative estimate of drug-likeness (QED) is 0.621. The number of likely N-dealkylation sites (N-methyl/N-ethyl adjacent to an activating group) is 1. The van der Waals surface area contributed by atoms with Gasteiger partial charge in [-0.05, 0) is 32.2 Å². The first-order chi connectivity index (χ1) is 5.88. The van der Waals surface area contributed by atoms with Crippen LogP contribution in [0, 0.1) is 0 Å². The molecule has 1 unspecified atom stereocenters. The molecule has 0 aromatic carbocycles. The summed E-state index contributed by atoms with van der Waals surface area (Å²) in [4.78, 5) is 0. The average Bonchev–Trinajstić information content (AvgIpc) is 2.56. The van der Waals surface area contributed by atoms with Crippen molar-refractivity contribution in [2.24, 2.45) is 0 Å². The van der Waals surface area contributed by atoms with Crippen molar-refractivity contribution in [1.82, 2.24) is 5.32 Å². The van der Waals surface area contributed by atoms with Crippen molar-refractivity contribution in [3.63, 3.8) is 0 Å². The van der Waals surface area contributed by atoms with Gasteiger partial charge >= 0.3 is 0 Å². The highest BCUT2D eigenvalue weighted by Crippen LogP contribution is 2.22. The summed E-state index contributed by atoms with van der Waals surface area (Å²) in [6.07, 6.45) is 9.04. The minimum atomic E-state index is 0.683. The molecule has 1 aliphatic rings. The van der Waals surface area contributed by atoms with E-state index in [1.807, 2.05) is 0 Å². The molecule has 0 fully saturated rings. The predicted molar refractivity (Wildman–Crippen MR) is 54.3 cm³/mol. The number of hydrogen-bond donors (Lipinski definition) is 1. The van der Waals surface area contributed by atoms with Crippen LogP contribution in [0.1, 0.15) is 46.0 Å². The fraction of sp³-hybridized carbons (Fsp3) is 0.818. The van der Waals surface area contributed by atoms with Crippen molar-refractivity contribution in [2.45, 2.75) is 52.0 Å². The van der Waals surface area contributed by atoms with Crippen LogP contribution in [0.4, 0.5) is 0 Å². The Balaban J connectivity index is 2.40. The zero-order valence-corrected chi connectivity index (χ0v) is 8.40. The number of hydrogen-bond acceptors (Lipinski definition) is 1. The SMILES string of the molecule is CCCC(NCC)C1=CCCC1. The second-order valence-electron chi connectivity index (χ2n) is 3.57. The van der Waals surface area contributed by atoms with Crippen molar-refractivity contribution in [3.05, 3.63) is 11.6 Å². The molecule has 0 saturated heterocycles. The summed E-state index contributed by atoms with van der Waals surface area (Å²) >= 11 is 0. The van der Waals surface area contributed by atoms with Crippen molar-refractivity contribution in [2.75, 3.05) is 6.54 Å². The monoisotopic (exact) mass is 167 g/mol. The van der Waals surface area contributed by atoms with Gasteiger partial charge in [0.1, 0.15) is 0 Å². The highest BCUT2D eigenvalue weighted by Gasteiger charge is 2.14. The Labute approximate surface area is 76.2 Å². The lowest BCUT2D eigenvalue weighted by Gasteiger charge is -2.18. The molecule has 1 nitrogen and oxygen atoms in total. The Morgan fingerprint density at radius 2 is 2.33 bits per heavy atom. The molecule has 1 N–H and O–H groups in total. The minimum Gasteiger partial charge on any atom is -0.311 e. The van der Waals surface area contributed by atoms with E-state index in [4.69, 9.17) is 0 Å². The van der Waals surface area contributed by atoms with E-state index in [2.05, 4.69) is 25.2 Å². The predicted octanol–water partition coefficient (Wildman–Crippen LogP) is 2.87. The van der Waals surface area contributed by atoms with E-state index in [1.54, 1.807) is 5.57 Å². The summed E-state index contributed by atoms with van der Waals surface area (Å²) in [7, 11) is 0. The summed E-state index contributed by atoms with van der Waals surface area (Å²) in [5, 5.41) is 3.56. The first-order valence-electron chi connectivity index (χ1n) is 5.30. The Hall–Kier alpha value is -0.300. The molecule has 12 heavy (non-hydrogen) atoms. The van der Waals surface area contributed by atoms with Crippen LogP contribution in [0.15, 0.2) is 11.6 Å². The topological polar surface area (TPSA) is 12.0 Å². The number of rotatable bonds is 5. The van der Waals surface area contributed by atoms with Gasteiger partial charge in [0.2, 0.25) is 0 Å². The summed E-state index contributed by atoms with van der Waals surface area (Å²) in [6, 6.07) is 0.683. The molecule has 0 saturated carbocycles. The maximum atomic E-state index is 3.56. The van der Waals surface area contributed by atoms with Crippen LogP contribution in [-0.4, -0.2) is 12.6 Å². The van der Waals surface area contributed by atoms with Crippen LogP contribution in [0.5, 0.6) is 0 Å². The normalized spacial score (nSPS) is 19.3. The smallest absolute Gasteiger partial charge is 0.0279 e. The van der Waals surface area contributed by atoms with Gasteiger partial charge in [0.25, 0.3) is 0 Å². The average molecular weight is 167 g/mol. The van der Waals surface area contributed by atoms with Gasteiger partial charge in [-0.2, -0.15) is 0 Å². The van der Waals surface area contributed by atoms with E-state index in [-0.39, 0.29) is 0 Å². The zero-order chi connectivity index (χ0) is 8.81. The van der Waals surface area contributed by atoms with Gasteiger partial charge in [-0.15, -0.1) is 0 Å². The molecule has 0 spiro atoms. The number of allylic oxidation sites excluding steroid dienone is 1. The van der Waals surface area contributed by atoms with E-state index in [1.165, 1.54) is 32.1 Å². The molecule has 0 radical (unpaired) electrons. The third-order valence-electron chi connectivity index (χ3n) is 2.55. The Kier molecular flexibility index (Phi) is 4.37. The van der Waals surface area contributed by atoms with Gasteiger partial charge in [-0.25, -0.2) is 0 Å². The van der Waals surface area contributed by atoms with Gasteiger partial charge in [0.05, 0.1) is 0 Å². The largest absolute Gasteiger partial charge is 0.311 e. The van der Waals surface area contributed by atoms with Crippen molar-refractivity contribution < 1.29 is 0 Å². The molecule has 1 heteroatoms. The van der Waals surface area contributed by atoms with E-state index < -0.39 is 0 Å². The molecule has 0 aromatic heterocycles. The molecule has 0 amide bonds. The van der Waals surface area contributed by atoms with Crippen LogP contribution in [0.25, 0.3) is 0 Å². The fourth-order valence-electron chi connectivity index (χ4n) is 1.97. The standard InChI is InChI=1S/C11H21N/c1-3-7-11(12-4-2)10-8-5-6-9-10/h8,11-12H,3-7,9H2,1-2H3. The van der Waals surface area contributed by atoms with Gasteiger partial charge in [-0.3, -0.25) is 0 Å². The van der Waals surface area contributed by atoms with E-state index in [0.717, 1.165) is 6.54 Å². The van der Waals surface area contributed by atoms with Crippen molar-refractivity contribution in [3.8, 4) is 0 Å². The van der Waals surface area contributed by atoms with E-state index >= 15 is 0 Å². The van der Waals surface area contributed by atoms with Crippen molar-refractivity contribution >= 4 is 0 Å². The molecule has 70 valence electrons. The van der Waals surface area contributed by atoms with Crippen LogP contribution in [0.2, 0.25) is 0 Å². The van der Waals surface area contributed by atoms with Crippen LogP contribution < -0.4 is 5.32 Å². The van der Waals surface area contributed by atoms with Crippen LogP contribution in [0.3, 0.4) is 0 Å². The number of nitrogens with one attached hydrogen (secondary N) is 1. The summed E-state index contributed by atoms with van der Waals surface area (Å²) in [5.41, 5.74) is 1.67. The molecule has 0 bridgehead atoms. The summed E-state index contributed by atoms with van der Waals surface area (Å²) in [5.74, 6) is 0. The van der Waals surface area contributed by atoms with Crippen LogP contribution in [-0.2, 0) is 0 Å². The highest BCUT2D eigenvalue weighted by atomic mass is 14.9. The summed E-state index contributed by atoms with van der Waals surface area (Å²) < 4.78 is 0. The fourth-order valence-corrected chi connectivity index (χ4v) is 1.97. The molecular formula is C11H21N. The molecule has 1 aliphatic carbocycles. The third kappa shape index (κ3) is 2.63. The second-order valence-corrected chi connectivity index (χ2v) is 3.57. The van der Waals surface area contributed by atoms with Crippen molar-refractivity contribution in [1.29, 1.82) is 0 Å². The van der Waals surface area contributed by atoms with Gasteiger partial charge in [0.15, 0.2) is 0 Å². The lowest BCUT2D eigenvalue weighted by atomic mass is 10.0. The van der Waals surface area contributed by atoms with Gasteiger partial charge in [0, 0.05) is 6.04 Å². The molecule has 0 aromatic rings. The first-order valence-corrected chi connectivity index (χ1v) is 5.30. The first kappa shape index (κ1) is 9.79. The van der Waals surface area contributed by atoms with Gasteiger partial charge < -0.3 is 5.32 Å². The third-order valence-corrected chi connectivity index (χ3v) is 2.55. The zero-order valence-electron chi connectivity index (χ0n) is 8.40. The molecule has 0 heterocycles. The molecular weight excluding hydrogens is 146 g/mol. The lowest BCUT2D eigenvalue weighted by Crippen LogP contribution is -2.30. The maximum absolute atomic E-state index is 3.56. The van der Waals surface area contributed by atoms with Crippen LogP contribution >= 0.6 is 0 Å². The van der Waals surface area contributed by atoms with E-state index in [0.29, 0.717) is 6.04 Å². The second kappa shape index (κ2) is 5.36. The highest BCUT2D eigenvalue weighted by molar-refractivity contribution is 5.14. The van der Waals surface area contributed by atoms with Gasteiger partial charge in [-0.1, -0.05) is 31.9 Å².